The minimum absolute atomic E-state index is 0.00943. The second kappa shape index (κ2) is 6.61. The molecule has 0 saturated carbocycles. The molecule has 1 unspecified atom stereocenters. The summed E-state index contributed by atoms with van der Waals surface area (Å²) in [5.41, 5.74) is -1.16. The zero-order valence-electron chi connectivity index (χ0n) is 13.3. The lowest BCUT2D eigenvalue weighted by Gasteiger charge is -2.27. The maximum absolute atomic E-state index is 11.9. The monoisotopic (exact) mass is 328 g/mol. The molecule has 1 fully saturated rings. The normalized spacial score (nSPS) is 17.9. The Morgan fingerprint density at radius 1 is 1.08 bits per heavy atom. The van der Waals surface area contributed by atoms with E-state index in [9.17, 15) is 19.8 Å². The predicted octanol–water partition coefficient (Wildman–Crippen LogP) is 3.11. The fourth-order valence-corrected chi connectivity index (χ4v) is 3.38. The molecule has 2 N–H and O–H groups in total. The molecule has 0 aliphatic carbocycles. The topological polar surface area (TPSA) is 83.8 Å². The van der Waals surface area contributed by atoms with Gasteiger partial charge in [-0.1, -0.05) is 42.5 Å². The molecular weight excluding hydrogens is 308 g/mol. The Balaban J connectivity index is 1.94. The van der Waals surface area contributed by atoms with Crippen LogP contribution in [0.2, 0.25) is 0 Å². The molecule has 126 valence electrons. The number of carboxylic acid groups (broad SMARTS) is 2. The van der Waals surface area contributed by atoms with Crippen LogP contribution in [0, 0.1) is 5.41 Å². The van der Waals surface area contributed by atoms with Crippen LogP contribution >= 0.6 is 0 Å². The molecule has 0 radical (unpaired) electrons. The Kier molecular flexibility index (Phi) is 4.53. The summed E-state index contributed by atoms with van der Waals surface area (Å²) in [6, 6.07) is 13.3. The van der Waals surface area contributed by atoms with E-state index in [0.29, 0.717) is 18.6 Å². The van der Waals surface area contributed by atoms with Crippen LogP contribution in [0.5, 0.6) is 0 Å². The summed E-state index contributed by atoms with van der Waals surface area (Å²) in [4.78, 5) is 23.8. The van der Waals surface area contributed by atoms with Gasteiger partial charge in [0.25, 0.3) is 0 Å². The van der Waals surface area contributed by atoms with Crippen LogP contribution in [-0.4, -0.2) is 34.9 Å². The van der Waals surface area contributed by atoms with Crippen molar-refractivity contribution in [2.75, 3.05) is 6.61 Å². The predicted molar refractivity (Wildman–Crippen MR) is 88.9 cm³/mol. The third-order valence-corrected chi connectivity index (χ3v) is 4.74. The molecule has 3 rings (SSSR count). The maximum atomic E-state index is 11.9. The number of hydrogen-bond acceptors (Lipinski definition) is 3. The molecule has 2 aromatic rings. The number of benzene rings is 2. The molecule has 24 heavy (non-hydrogen) atoms. The maximum Gasteiger partial charge on any atom is 0.321 e. The number of aliphatic carboxylic acids is 2. The van der Waals surface area contributed by atoms with Crippen molar-refractivity contribution in [3.8, 4) is 0 Å². The van der Waals surface area contributed by atoms with Crippen molar-refractivity contribution in [1.82, 2.24) is 0 Å². The first-order chi connectivity index (χ1) is 11.5. The molecule has 5 nitrogen and oxygen atoms in total. The second-order valence-electron chi connectivity index (χ2n) is 6.39. The summed E-state index contributed by atoms with van der Waals surface area (Å²) in [7, 11) is 0. The molecule has 0 bridgehead atoms. The van der Waals surface area contributed by atoms with Crippen molar-refractivity contribution >= 4 is 22.7 Å². The van der Waals surface area contributed by atoms with Gasteiger partial charge in [-0.15, -0.1) is 0 Å². The first-order valence-corrected chi connectivity index (χ1v) is 8.07. The van der Waals surface area contributed by atoms with Gasteiger partial charge in [0.15, 0.2) is 5.41 Å². The van der Waals surface area contributed by atoms with Gasteiger partial charge in [-0.05, 0) is 35.6 Å². The van der Waals surface area contributed by atoms with Crippen LogP contribution < -0.4 is 0 Å². The van der Waals surface area contributed by atoms with Crippen molar-refractivity contribution in [3.05, 3.63) is 48.0 Å². The molecule has 1 saturated heterocycles. The van der Waals surface area contributed by atoms with E-state index in [-0.39, 0.29) is 18.9 Å². The Hall–Kier alpha value is -2.40. The van der Waals surface area contributed by atoms with Crippen LogP contribution in [0.4, 0.5) is 0 Å². The molecule has 1 atom stereocenters. The highest BCUT2D eigenvalue weighted by atomic mass is 16.5. The SMILES string of the molecule is O=C(O)C(Cc1ccc2ccccc2c1)(CC1CCCO1)C(=O)O. The summed E-state index contributed by atoms with van der Waals surface area (Å²) in [5, 5.41) is 21.4. The summed E-state index contributed by atoms with van der Waals surface area (Å²) >= 11 is 0. The van der Waals surface area contributed by atoms with Gasteiger partial charge >= 0.3 is 11.9 Å². The van der Waals surface area contributed by atoms with E-state index in [1.807, 2.05) is 36.4 Å². The molecule has 5 heteroatoms. The van der Waals surface area contributed by atoms with Gasteiger partial charge in [0.05, 0.1) is 6.10 Å². The van der Waals surface area contributed by atoms with Crippen LogP contribution in [0.1, 0.15) is 24.8 Å². The first-order valence-electron chi connectivity index (χ1n) is 8.07. The Labute approximate surface area is 139 Å². The molecule has 0 spiro atoms. The van der Waals surface area contributed by atoms with Crippen molar-refractivity contribution in [1.29, 1.82) is 0 Å². The van der Waals surface area contributed by atoms with E-state index in [1.165, 1.54) is 0 Å². The van der Waals surface area contributed by atoms with Crippen LogP contribution in [-0.2, 0) is 20.7 Å². The van der Waals surface area contributed by atoms with E-state index in [4.69, 9.17) is 4.74 Å². The fraction of sp³-hybridized carbons (Fsp3) is 0.368. The van der Waals surface area contributed by atoms with Gasteiger partial charge in [-0.2, -0.15) is 0 Å². The lowest BCUT2D eigenvalue weighted by molar-refractivity contribution is -0.167. The highest BCUT2D eigenvalue weighted by Gasteiger charge is 2.48. The fourth-order valence-electron chi connectivity index (χ4n) is 3.38. The Morgan fingerprint density at radius 3 is 2.42 bits per heavy atom. The van der Waals surface area contributed by atoms with Gasteiger partial charge in [0, 0.05) is 13.0 Å². The number of hydrogen-bond donors (Lipinski definition) is 2. The van der Waals surface area contributed by atoms with Crippen LogP contribution in [0.15, 0.2) is 42.5 Å². The van der Waals surface area contributed by atoms with E-state index in [1.54, 1.807) is 6.07 Å². The minimum atomic E-state index is -1.86. The van der Waals surface area contributed by atoms with Gasteiger partial charge < -0.3 is 14.9 Å². The number of rotatable bonds is 6. The standard InChI is InChI=1S/C19H20O5/c20-17(21)19(18(22)23,12-16-6-3-9-24-16)11-13-7-8-14-4-1-2-5-15(14)10-13/h1-2,4-5,7-8,10,16H,3,6,9,11-12H2,(H,20,21)(H,22,23). The lowest BCUT2D eigenvalue weighted by atomic mass is 9.76. The first kappa shape index (κ1) is 16.5. The summed E-state index contributed by atoms with van der Waals surface area (Å²) in [6.45, 7) is 0.565. The summed E-state index contributed by atoms with van der Waals surface area (Å²) in [6.07, 6.45) is 1.18. The largest absolute Gasteiger partial charge is 0.480 e. The van der Waals surface area contributed by atoms with Gasteiger partial charge in [0.1, 0.15) is 0 Å². The number of ether oxygens (including phenoxy) is 1. The number of carbonyl (C=O) groups is 2. The molecule has 1 heterocycles. The van der Waals surface area contributed by atoms with Crippen LogP contribution in [0.25, 0.3) is 10.8 Å². The molecular formula is C19H20O5. The molecule has 0 amide bonds. The molecule has 1 aliphatic heterocycles. The number of fused-ring (bicyclic) bond motifs is 1. The zero-order valence-corrected chi connectivity index (χ0v) is 13.3. The zero-order chi connectivity index (χ0) is 17.2. The van der Waals surface area contributed by atoms with Crippen molar-refractivity contribution in [2.45, 2.75) is 31.8 Å². The summed E-state index contributed by atoms with van der Waals surface area (Å²) < 4.78 is 5.49. The average Bonchev–Trinajstić information content (AvgIpc) is 3.06. The highest BCUT2D eigenvalue weighted by Crippen LogP contribution is 2.34. The van der Waals surface area contributed by atoms with Crippen LogP contribution in [0.3, 0.4) is 0 Å². The third kappa shape index (κ3) is 3.12. The van der Waals surface area contributed by atoms with Gasteiger partial charge in [0.2, 0.25) is 0 Å². The molecule has 2 aromatic carbocycles. The molecule has 1 aliphatic rings. The van der Waals surface area contributed by atoms with Gasteiger partial charge in [-0.25, -0.2) is 0 Å². The second-order valence-corrected chi connectivity index (χ2v) is 6.39. The van der Waals surface area contributed by atoms with Crippen molar-refractivity contribution < 1.29 is 24.5 Å². The van der Waals surface area contributed by atoms with E-state index in [2.05, 4.69) is 0 Å². The van der Waals surface area contributed by atoms with Crippen molar-refractivity contribution in [3.63, 3.8) is 0 Å². The van der Waals surface area contributed by atoms with E-state index >= 15 is 0 Å². The van der Waals surface area contributed by atoms with E-state index in [0.717, 1.165) is 17.2 Å². The third-order valence-electron chi connectivity index (χ3n) is 4.74. The van der Waals surface area contributed by atoms with E-state index < -0.39 is 17.4 Å². The highest BCUT2D eigenvalue weighted by molar-refractivity contribution is 5.98. The molecule has 0 aromatic heterocycles. The number of carboxylic acids is 2. The Bertz CT molecular complexity index is 747. The lowest BCUT2D eigenvalue weighted by Crippen LogP contribution is -2.44. The minimum Gasteiger partial charge on any atom is -0.480 e. The average molecular weight is 328 g/mol. The Morgan fingerprint density at radius 2 is 1.79 bits per heavy atom. The van der Waals surface area contributed by atoms with Crippen molar-refractivity contribution in [2.24, 2.45) is 5.41 Å². The van der Waals surface area contributed by atoms with Gasteiger partial charge in [-0.3, -0.25) is 9.59 Å². The summed E-state index contributed by atoms with van der Waals surface area (Å²) in [5.74, 6) is -2.61. The smallest absolute Gasteiger partial charge is 0.321 e. The quantitative estimate of drug-likeness (QED) is 0.796.